The van der Waals surface area contributed by atoms with Crippen LogP contribution in [0.25, 0.3) is 0 Å². The normalized spacial score (nSPS) is 18.3. The Bertz CT molecular complexity index is 743. The van der Waals surface area contributed by atoms with Gasteiger partial charge in [-0.3, -0.25) is 19.2 Å². The molecule has 0 saturated carbocycles. The third kappa shape index (κ3) is 4.06. The fourth-order valence-corrected chi connectivity index (χ4v) is 3.17. The minimum atomic E-state index is -0.460. The van der Waals surface area contributed by atoms with Crippen LogP contribution in [0.4, 0.5) is 0 Å². The van der Waals surface area contributed by atoms with Gasteiger partial charge in [-0.1, -0.05) is 30.3 Å². The van der Waals surface area contributed by atoms with Gasteiger partial charge in [0.25, 0.3) is 5.91 Å². The topological polar surface area (TPSA) is 84.5 Å². The van der Waals surface area contributed by atoms with Crippen LogP contribution >= 0.6 is 0 Å². The second kappa shape index (κ2) is 7.48. The molecule has 1 fully saturated rings. The average molecular weight is 341 g/mol. The molecule has 1 aromatic heterocycles. The van der Waals surface area contributed by atoms with Crippen molar-refractivity contribution in [3.05, 3.63) is 53.9 Å². The lowest BCUT2D eigenvalue weighted by Crippen LogP contribution is -2.59. The third-order valence-electron chi connectivity index (χ3n) is 4.59. The van der Waals surface area contributed by atoms with Gasteiger partial charge >= 0.3 is 0 Å². The van der Waals surface area contributed by atoms with Gasteiger partial charge in [0.15, 0.2) is 0 Å². The molecule has 25 heavy (non-hydrogen) atoms. The summed E-state index contributed by atoms with van der Waals surface area (Å²) in [6.07, 6.45) is 4.08. The molecule has 0 bridgehead atoms. The average Bonchev–Trinajstić information content (AvgIpc) is 3.06. The molecule has 0 radical (unpaired) electrons. The Kier molecular flexibility index (Phi) is 5.14. The number of amides is 2. The van der Waals surface area contributed by atoms with Crippen LogP contribution in [0.3, 0.4) is 0 Å². The lowest BCUT2D eigenvalue weighted by molar-refractivity contribution is -0.125. The summed E-state index contributed by atoms with van der Waals surface area (Å²) in [6.45, 7) is 2.27. The lowest BCUT2D eigenvalue weighted by atomic mass is 10.1. The van der Waals surface area contributed by atoms with Crippen molar-refractivity contribution in [1.82, 2.24) is 19.6 Å². The first-order chi connectivity index (χ1) is 12.0. The van der Waals surface area contributed by atoms with Gasteiger partial charge in [-0.25, -0.2) is 0 Å². The quantitative estimate of drug-likeness (QED) is 0.846. The number of rotatable bonds is 5. The molecule has 7 nitrogen and oxygen atoms in total. The molecule has 2 heterocycles. The fourth-order valence-electron chi connectivity index (χ4n) is 3.17. The van der Waals surface area contributed by atoms with E-state index in [9.17, 15) is 9.59 Å². The minimum absolute atomic E-state index is 0.109. The second-order valence-electron chi connectivity index (χ2n) is 6.34. The van der Waals surface area contributed by atoms with Crippen molar-refractivity contribution in [3.8, 4) is 0 Å². The molecule has 1 saturated heterocycles. The SMILES string of the molecule is Cn1cc(C(=O)N2CCN(CCc3ccccc3)[C@@H](C(N)=O)C2)cn1. The van der Waals surface area contributed by atoms with E-state index in [4.69, 9.17) is 5.73 Å². The number of hydrogen-bond acceptors (Lipinski definition) is 4. The highest BCUT2D eigenvalue weighted by Gasteiger charge is 2.33. The van der Waals surface area contributed by atoms with Crippen LogP contribution in [0.1, 0.15) is 15.9 Å². The Morgan fingerprint density at radius 3 is 2.64 bits per heavy atom. The number of primary amides is 1. The van der Waals surface area contributed by atoms with Crippen LogP contribution in [0.2, 0.25) is 0 Å². The molecule has 7 heteroatoms. The molecule has 1 atom stereocenters. The maximum atomic E-state index is 12.6. The summed E-state index contributed by atoms with van der Waals surface area (Å²) in [5, 5.41) is 4.03. The molecule has 0 spiro atoms. The molecule has 2 amide bonds. The smallest absolute Gasteiger partial charge is 0.257 e. The first-order valence-corrected chi connectivity index (χ1v) is 8.40. The van der Waals surface area contributed by atoms with Gasteiger partial charge < -0.3 is 10.6 Å². The van der Waals surface area contributed by atoms with E-state index in [1.165, 1.54) is 5.56 Å². The highest BCUT2D eigenvalue weighted by atomic mass is 16.2. The number of carbonyl (C=O) groups is 2. The van der Waals surface area contributed by atoms with Crippen molar-refractivity contribution in [3.63, 3.8) is 0 Å². The molecule has 0 unspecified atom stereocenters. The molecule has 1 aliphatic heterocycles. The van der Waals surface area contributed by atoms with E-state index >= 15 is 0 Å². The summed E-state index contributed by atoms with van der Waals surface area (Å²) in [5.74, 6) is -0.501. The number of piperazine rings is 1. The van der Waals surface area contributed by atoms with Crippen LogP contribution in [0, 0.1) is 0 Å². The summed E-state index contributed by atoms with van der Waals surface area (Å²) in [7, 11) is 1.77. The first-order valence-electron chi connectivity index (χ1n) is 8.40. The Hall–Kier alpha value is -2.67. The van der Waals surface area contributed by atoms with E-state index in [1.807, 2.05) is 18.2 Å². The van der Waals surface area contributed by atoms with Gasteiger partial charge in [0.1, 0.15) is 6.04 Å². The number of nitrogens with zero attached hydrogens (tertiary/aromatic N) is 4. The summed E-state index contributed by atoms with van der Waals surface area (Å²) >= 11 is 0. The standard InChI is InChI=1S/C18H23N5O2/c1-21-12-15(11-20-21)18(25)23-10-9-22(16(13-23)17(19)24)8-7-14-5-3-2-4-6-14/h2-6,11-12,16H,7-10,13H2,1H3,(H2,19,24)/t16-/m1/s1. The number of hydrogen-bond donors (Lipinski definition) is 1. The van der Waals surface area contributed by atoms with Gasteiger partial charge in [0.05, 0.1) is 11.8 Å². The largest absolute Gasteiger partial charge is 0.368 e. The van der Waals surface area contributed by atoms with E-state index in [0.717, 1.165) is 13.0 Å². The molecular formula is C18H23N5O2. The van der Waals surface area contributed by atoms with E-state index in [2.05, 4.69) is 22.1 Å². The van der Waals surface area contributed by atoms with E-state index < -0.39 is 11.9 Å². The highest BCUT2D eigenvalue weighted by molar-refractivity contribution is 5.94. The predicted octanol–water partition coefficient (Wildman–Crippen LogP) is 0.275. The van der Waals surface area contributed by atoms with Crippen molar-refractivity contribution in [1.29, 1.82) is 0 Å². The predicted molar refractivity (Wildman–Crippen MR) is 93.8 cm³/mol. The zero-order valence-electron chi connectivity index (χ0n) is 14.3. The van der Waals surface area contributed by atoms with Gasteiger partial charge in [0.2, 0.25) is 5.91 Å². The number of carbonyl (C=O) groups excluding carboxylic acids is 2. The molecule has 132 valence electrons. The van der Waals surface area contributed by atoms with Crippen LogP contribution in [-0.2, 0) is 18.3 Å². The molecule has 1 aliphatic rings. The maximum absolute atomic E-state index is 12.6. The van der Waals surface area contributed by atoms with Gasteiger partial charge in [-0.05, 0) is 12.0 Å². The Labute approximate surface area is 147 Å². The Morgan fingerprint density at radius 1 is 1.24 bits per heavy atom. The van der Waals surface area contributed by atoms with Crippen molar-refractivity contribution in [2.45, 2.75) is 12.5 Å². The van der Waals surface area contributed by atoms with E-state index in [1.54, 1.807) is 29.0 Å². The fraction of sp³-hybridized carbons (Fsp3) is 0.389. The summed E-state index contributed by atoms with van der Waals surface area (Å²) in [4.78, 5) is 28.2. The van der Waals surface area contributed by atoms with E-state index in [-0.39, 0.29) is 5.91 Å². The minimum Gasteiger partial charge on any atom is -0.368 e. The number of nitrogens with two attached hydrogens (primary N) is 1. The molecular weight excluding hydrogens is 318 g/mol. The molecule has 3 rings (SSSR count). The van der Waals surface area contributed by atoms with Gasteiger partial charge in [-0.15, -0.1) is 0 Å². The highest BCUT2D eigenvalue weighted by Crippen LogP contribution is 2.14. The van der Waals surface area contributed by atoms with Crippen molar-refractivity contribution < 1.29 is 9.59 Å². The van der Waals surface area contributed by atoms with Crippen molar-refractivity contribution in [2.75, 3.05) is 26.2 Å². The monoisotopic (exact) mass is 341 g/mol. The van der Waals surface area contributed by atoms with Crippen LogP contribution in [-0.4, -0.2) is 63.6 Å². The lowest BCUT2D eigenvalue weighted by Gasteiger charge is -2.39. The van der Waals surface area contributed by atoms with Crippen molar-refractivity contribution in [2.24, 2.45) is 12.8 Å². The summed E-state index contributed by atoms with van der Waals surface area (Å²) in [6, 6.07) is 9.68. The van der Waals surface area contributed by atoms with E-state index in [0.29, 0.717) is 25.2 Å². The Morgan fingerprint density at radius 2 is 2.00 bits per heavy atom. The number of benzene rings is 1. The molecule has 2 aromatic rings. The van der Waals surface area contributed by atoms with Crippen LogP contribution in [0.15, 0.2) is 42.7 Å². The summed E-state index contributed by atoms with van der Waals surface area (Å²) < 4.78 is 1.59. The Balaban J connectivity index is 1.64. The van der Waals surface area contributed by atoms with Gasteiger partial charge in [0, 0.05) is 39.4 Å². The third-order valence-corrected chi connectivity index (χ3v) is 4.59. The molecule has 2 N–H and O–H groups in total. The first kappa shape index (κ1) is 17.2. The molecule has 1 aromatic carbocycles. The number of aromatic nitrogens is 2. The molecule has 0 aliphatic carbocycles. The van der Waals surface area contributed by atoms with Crippen molar-refractivity contribution >= 4 is 11.8 Å². The zero-order chi connectivity index (χ0) is 17.8. The van der Waals surface area contributed by atoms with Crippen LogP contribution < -0.4 is 5.73 Å². The zero-order valence-corrected chi connectivity index (χ0v) is 14.3. The second-order valence-corrected chi connectivity index (χ2v) is 6.34. The van der Waals surface area contributed by atoms with Gasteiger partial charge in [-0.2, -0.15) is 5.10 Å². The number of aryl methyl sites for hydroxylation is 1. The maximum Gasteiger partial charge on any atom is 0.257 e. The summed E-state index contributed by atoms with van der Waals surface area (Å²) in [5.41, 5.74) is 7.35. The van der Waals surface area contributed by atoms with Crippen LogP contribution in [0.5, 0.6) is 0 Å².